The van der Waals surface area contributed by atoms with Crippen LogP contribution in [0.15, 0.2) is 72.3 Å². The number of carbonyl (C=O) groups is 1. The third kappa shape index (κ3) is 2.70. The second-order valence-electron chi connectivity index (χ2n) is 6.06. The molecule has 1 unspecified atom stereocenters. The third-order valence-electron chi connectivity index (χ3n) is 4.40. The number of hydrogen-bond donors (Lipinski definition) is 0. The Morgan fingerprint density at radius 2 is 1.50 bits per heavy atom. The number of ketones is 1. The fourth-order valence-electron chi connectivity index (χ4n) is 3.35. The van der Waals surface area contributed by atoms with Crippen molar-refractivity contribution in [2.45, 2.75) is 32.2 Å². The number of carbonyl (C=O) groups excluding carboxylic acids is 1. The zero-order valence-electron chi connectivity index (χ0n) is 14.3. The lowest BCUT2D eigenvalue weighted by atomic mass is 9.85. The molecule has 0 aliphatic carbocycles. The lowest BCUT2D eigenvalue weighted by Gasteiger charge is -2.34. The van der Waals surface area contributed by atoms with Crippen molar-refractivity contribution in [1.82, 2.24) is 0 Å². The number of rotatable bonds is 5. The molecular weight excluding hydrogens is 300 g/mol. The highest BCUT2D eigenvalue weighted by atomic mass is 16.7. The van der Waals surface area contributed by atoms with E-state index >= 15 is 0 Å². The number of hydrogen-bond acceptors (Lipinski definition) is 3. The molecule has 1 heterocycles. The number of ether oxygens (including phenoxy) is 2. The van der Waals surface area contributed by atoms with Crippen molar-refractivity contribution in [3.05, 3.63) is 83.4 Å². The van der Waals surface area contributed by atoms with Gasteiger partial charge in [0, 0.05) is 6.61 Å². The molecule has 0 saturated carbocycles. The molecule has 3 nitrogen and oxygen atoms in total. The molecule has 0 N–H and O–H groups in total. The molecule has 1 atom stereocenters. The van der Waals surface area contributed by atoms with Gasteiger partial charge in [-0.15, -0.1) is 0 Å². The zero-order valence-corrected chi connectivity index (χ0v) is 14.3. The number of Topliss-reactive ketones (excluding diaryl/α,β-unsaturated/α-hetero) is 1. The van der Waals surface area contributed by atoms with Gasteiger partial charge in [0.25, 0.3) is 0 Å². The van der Waals surface area contributed by atoms with E-state index in [-0.39, 0.29) is 5.78 Å². The standard InChI is InChI=1S/C21H22O3/c1-4-23-20(3)19(16(2)22)15-21(24-20,17-11-7-5-8-12-17)18-13-9-6-10-14-18/h5-15H,4H2,1-3H3. The highest BCUT2D eigenvalue weighted by molar-refractivity contribution is 5.96. The zero-order chi connectivity index (χ0) is 17.2. The lowest BCUT2D eigenvalue weighted by Crippen LogP contribution is -2.38. The predicted octanol–water partition coefficient (Wildman–Crippen LogP) is 4.23. The molecule has 0 spiro atoms. The van der Waals surface area contributed by atoms with Crippen LogP contribution in [0.3, 0.4) is 0 Å². The van der Waals surface area contributed by atoms with Gasteiger partial charge in [0.05, 0.1) is 5.57 Å². The second-order valence-corrected chi connectivity index (χ2v) is 6.06. The summed E-state index contributed by atoms with van der Waals surface area (Å²) >= 11 is 0. The number of benzene rings is 2. The topological polar surface area (TPSA) is 35.5 Å². The fraction of sp³-hybridized carbons (Fsp3) is 0.286. The highest BCUT2D eigenvalue weighted by Crippen LogP contribution is 2.48. The summed E-state index contributed by atoms with van der Waals surface area (Å²) in [6.45, 7) is 5.73. The van der Waals surface area contributed by atoms with Gasteiger partial charge in [-0.2, -0.15) is 0 Å². The van der Waals surface area contributed by atoms with Crippen molar-refractivity contribution in [3.8, 4) is 0 Å². The van der Waals surface area contributed by atoms with Crippen molar-refractivity contribution < 1.29 is 14.3 Å². The molecule has 0 aromatic heterocycles. The molecular formula is C21H22O3. The first-order chi connectivity index (χ1) is 11.5. The summed E-state index contributed by atoms with van der Waals surface area (Å²) in [7, 11) is 0. The van der Waals surface area contributed by atoms with E-state index in [0.717, 1.165) is 11.1 Å². The minimum atomic E-state index is -1.06. The molecule has 0 radical (unpaired) electrons. The summed E-state index contributed by atoms with van der Waals surface area (Å²) in [6.07, 6.45) is 1.91. The van der Waals surface area contributed by atoms with Gasteiger partial charge in [-0.1, -0.05) is 60.7 Å². The largest absolute Gasteiger partial charge is 0.346 e. The predicted molar refractivity (Wildman–Crippen MR) is 93.5 cm³/mol. The molecule has 3 rings (SSSR count). The van der Waals surface area contributed by atoms with E-state index in [1.807, 2.05) is 80.6 Å². The minimum Gasteiger partial charge on any atom is -0.346 e. The normalized spacial score (nSPS) is 22.2. The molecule has 0 bridgehead atoms. The third-order valence-corrected chi connectivity index (χ3v) is 4.40. The van der Waals surface area contributed by atoms with Gasteiger partial charge in [0.15, 0.2) is 11.6 Å². The second kappa shape index (κ2) is 6.34. The molecule has 0 amide bonds. The van der Waals surface area contributed by atoms with Crippen molar-refractivity contribution >= 4 is 5.78 Å². The average Bonchev–Trinajstić information content (AvgIpc) is 2.92. The monoisotopic (exact) mass is 322 g/mol. The lowest BCUT2D eigenvalue weighted by molar-refractivity contribution is -0.221. The molecule has 3 heteroatoms. The van der Waals surface area contributed by atoms with Crippen LogP contribution in [0.25, 0.3) is 0 Å². The van der Waals surface area contributed by atoms with Crippen molar-refractivity contribution in [2.24, 2.45) is 0 Å². The molecule has 2 aromatic rings. The van der Waals surface area contributed by atoms with Crippen LogP contribution in [0, 0.1) is 0 Å². The van der Waals surface area contributed by atoms with Crippen LogP contribution in [0.2, 0.25) is 0 Å². The van der Waals surface area contributed by atoms with E-state index in [1.165, 1.54) is 0 Å². The van der Waals surface area contributed by atoms with Gasteiger partial charge in [0.1, 0.15) is 5.60 Å². The van der Waals surface area contributed by atoms with Gasteiger partial charge in [0.2, 0.25) is 0 Å². The Bertz CT molecular complexity index is 710. The van der Waals surface area contributed by atoms with E-state index in [2.05, 4.69) is 0 Å². The highest BCUT2D eigenvalue weighted by Gasteiger charge is 2.51. The Balaban J connectivity index is 2.23. The van der Waals surface area contributed by atoms with Gasteiger partial charge < -0.3 is 9.47 Å². The van der Waals surface area contributed by atoms with Crippen LogP contribution in [-0.2, 0) is 19.9 Å². The maximum atomic E-state index is 12.3. The van der Waals surface area contributed by atoms with E-state index in [4.69, 9.17) is 9.47 Å². The minimum absolute atomic E-state index is 0.0420. The molecule has 0 fully saturated rings. The summed E-state index contributed by atoms with van der Waals surface area (Å²) in [5, 5.41) is 0. The fourth-order valence-corrected chi connectivity index (χ4v) is 3.35. The first-order valence-corrected chi connectivity index (χ1v) is 8.21. The van der Waals surface area contributed by atoms with E-state index < -0.39 is 11.4 Å². The molecule has 2 aromatic carbocycles. The summed E-state index contributed by atoms with van der Waals surface area (Å²) in [5.41, 5.74) is 1.65. The first kappa shape index (κ1) is 16.6. The maximum absolute atomic E-state index is 12.3. The quantitative estimate of drug-likeness (QED) is 0.826. The SMILES string of the molecule is CCOC1(C)OC(c2ccccc2)(c2ccccc2)C=C1C(C)=O. The molecule has 24 heavy (non-hydrogen) atoms. The summed E-state index contributed by atoms with van der Waals surface area (Å²) in [4.78, 5) is 12.3. The van der Waals surface area contributed by atoms with Crippen LogP contribution in [0.5, 0.6) is 0 Å². The van der Waals surface area contributed by atoms with Crippen molar-refractivity contribution in [1.29, 1.82) is 0 Å². The Labute approximate surface area is 142 Å². The van der Waals surface area contributed by atoms with Crippen LogP contribution in [0.4, 0.5) is 0 Å². The van der Waals surface area contributed by atoms with E-state index in [1.54, 1.807) is 6.92 Å². The Kier molecular flexibility index (Phi) is 4.39. The van der Waals surface area contributed by atoms with Crippen LogP contribution in [0.1, 0.15) is 31.9 Å². The summed E-state index contributed by atoms with van der Waals surface area (Å²) < 4.78 is 12.3. The summed E-state index contributed by atoms with van der Waals surface area (Å²) in [6, 6.07) is 19.9. The summed E-state index contributed by atoms with van der Waals surface area (Å²) in [5.74, 6) is -1.11. The molecule has 1 aliphatic rings. The van der Waals surface area contributed by atoms with Gasteiger partial charge in [-0.3, -0.25) is 4.79 Å². The Morgan fingerprint density at radius 1 is 1.00 bits per heavy atom. The van der Waals surface area contributed by atoms with E-state index in [9.17, 15) is 4.79 Å². The van der Waals surface area contributed by atoms with Crippen LogP contribution < -0.4 is 0 Å². The Hall–Kier alpha value is -2.23. The van der Waals surface area contributed by atoms with Crippen molar-refractivity contribution in [2.75, 3.05) is 6.61 Å². The maximum Gasteiger partial charge on any atom is 0.196 e. The van der Waals surface area contributed by atoms with Gasteiger partial charge in [-0.05, 0) is 38.0 Å². The molecule has 0 saturated heterocycles. The van der Waals surface area contributed by atoms with Gasteiger partial charge in [-0.25, -0.2) is 0 Å². The Morgan fingerprint density at radius 3 is 1.92 bits per heavy atom. The average molecular weight is 322 g/mol. The first-order valence-electron chi connectivity index (χ1n) is 8.21. The molecule has 124 valence electrons. The van der Waals surface area contributed by atoms with Crippen molar-refractivity contribution in [3.63, 3.8) is 0 Å². The van der Waals surface area contributed by atoms with E-state index in [0.29, 0.717) is 12.2 Å². The molecule has 1 aliphatic heterocycles. The van der Waals surface area contributed by atoms with Gasteiger partial charge >= 0.3 is 0 Å². The van der Waals surface area contributed by atoms with Crippen LogP contribution in [-0.4, -0.2) is 18.2 Å². The van der Waals surface area contributed by atoms with Crippen LogP contribution >= 0.6 is 0 Å². The smallest absolute Gasteiger partial charge is 0.196 e.